The summed E-state index contributed by atoms with van der Waals surface area (Å²) in [5.74, 6) is 1.44. The van der Waals surface area contributed by atoms with E-state index in [2.05, 4.69) is 37.0 Å². The molecule has 0 bridgehead atoms. The second-order valence-electron chi connectivity index (χ2n) is 9.16. The van der Waals surface area contributed by atoms with Gasteiger partial charge in [0.15, 0.2) is 11.5 Å². The second kappa shape index (κ2) is 10.7. The number of halogens is 3. The van der Waals surface area contributed by atoms with Crippen molar-refractivity contribution in [2.24, 2.45) is 5.10 Å². The summed E-state index contributed by atoms with van der Waals surface area (Å²) < 4.78 is 14.6. The third kappa shape index (κ3) is 5.82. The molecule has 0 unspecified atom stereocenters. The van der Waals surface area contributed by atoms with Gasteiger partial charge in [-0.3, -0.25) is 4.79 Å². The smallest absolute Gasteiger partial charge is 0.282 e. The zero-order valence-electron chi connectivity index (χ0n) is 20.2. The number of ether oxygens (including phenoxy) is 2. The van der Waals surface area contributed by atoms with Crippen molar-refractivity contribution in [3.05, 3.63) is 95.9 Å². The van der Waals surface area contributed by atoms with Crippen molar-refractivity contribution in [2.75, 3.05) is 7.11 Å². The second-order valence-corrected chi connectivity index (χ2v) is 11.4. The first kappa shape index (κ1) is 26.4. The van der Waals surface area contributed by atoms with Crippen LogP contribution in [-0.2, 0) is 12.0 Å². The highest BCUT2D eigenvalue weighted by atomic mass is 79.9. The molecule has 3 aromatic carbocycles. The van der Waals surface area contributed by atoms with Gasteiger partial charge in [0.1, 0.15) is 12.4 Å². The van der Waals surface area contributed by atoms with Crippen molar-refractivity contribution in [3.8, 4) is 11.5 Å². The number of aromatic nitrogens is 2. The van der Waals surface area contributed by atoms with E-state index in [0.29, 0.717) is 45.4 Å². The van der Waals surface area contributed by atoms with Crippen LogP contribution >= 0.6 is 43.5 Å². The normalized spacial score (nSPS) is 11.9. The average molecular weight is 634 g/mol. The lowest BCUT2D eigenvalue weighted by Crippen LogP contribution is -2.29. The minimum Gasteiger partial charge on any atom is -0.493 e. The molecule has 0 amide bonds. The van der Waals surface area contributed by atoms with E-state index in [-0.39, 0.29) is 5.56 Å². The van der Waals surface area contributed by atoms with Crippen molar-refractivity contribution < 1.29 is 9.47 Å². The molecule has 186 valence electrons. The molecule has 0 saturated heterocycles. The Morgan fingerprint density at radius 3 is 2.42 bits per heavy atom. The van der Waals surface area contributed by atoms with Crippen LogP contribution in [0.1, 0.15) is 37.7 Å². The molecule has 0 atom stereocenters. The first-order chi connectivity index (χ1) is 17.1. The van der Waals surface area contributed by atoms with Gasteiger partial charge >= 0.3 is 0 Å². The Kier molecular flexibility index (Phi) is 7.87. The van der Waals surface area contributed by atoms with E-state index in [0.717, 1.165) is 14.5 Å². The lowest BCUT2D eigenvalue weighted by atomic mass is 9.95. The number of methoxy groups -OCH3 is 1. The average Bonchev–Trinajstić information content (AvgIpc) is 2.83. The largest absolute Gasteiger partial charge is 0.493 e. The summed E-state index contributed by atoms with van der Waals surface area (Å²) in [5, 5.41) is 5.36. The summed E-state index contributed by atoms with van der Waals surface area (Å²) in [4.78, 5) is 18.1. The SMILES string of the molecule is COc1cc(C=Nn2c(C(C)(C)C)nc3ccc(Br)cc3c2=O)cc(Cl)c1OCc1ccc(Br)cc1. The van der Waals surface area contributed by atoms with Crippen LogP contribution < -0.4 is 15.0 Å². The van der Waals surface area contributed by atoms with Crippen LogP contribution in [0.2, 0.25) is 5.02 Å². The van der Waals surface area contributed by atoms with E-state index in [4.69, 9.17) is 26.1 Å². The molecule has 0 aliphatic carbocycles. The topological polar surface area (TPSA) is 65.7 Å². The van der Waals surface area contributed by atoms with Gasteiger partial charge in [0.2, 0.25) is 0 Å². The minimum absolute atomic E-state index is 0.255. The van der Waals surface area contributed by atoms with Gasteiger partial charge in [0.05, 0.1) is 29.2 Å². The fourth-order valence-corrected chi connectivity index (χ4v) is 4.46. The third-order valence-corrected chi connectivity index (χ3v) is 6.65. The number of hydrogen-bond acceptors (Lipinski definition) is 5. The van der Waals surface area contributed by atoms with Crippen molar-refractivity contribution in [1.29, 1.82) is 0 Å². The van der Waals surface area contributed by atoms with E-state index in [1.54, 1.807) is 31.5 Å². The summed E-state index contributed by atoms with van der Waals surface area (Å²) in [7, 11) is 1.55. The van der Waals surface area contributed by atoms with Gasteiger partial charge < -0.3 is 9.47 Å². The Morgan fingerprint density at radius 2 is 1.75 bits per heavy atom. The van der Waals surface area contributed by atoms with Crippen LogP contribution in [-0.4, -0.2) is 23.0 Å². The molecule has 0 radical (unpaired) electrons. The van der Waals surface area contributed by atoms with Crippen LogP contribution in [0.25, 0.3) is 10.9 Å². The third-order valence-electron chi connectivity index (χ3n) is 5.35. The van der Waals surface area contributed by atoms with E-state index in [1.165, 1.54) is 4.68 Å². The monoisotopic (exact) mass is 631 g/mol. The van der Waals surface area contributed by atoms with Crippen LogP contribution in [0.5, 0.6) is 11.5 Å². The fraction of sp³-hybridized carbons (Fsp3) is 0.222. The van der Waals surface area contributed by atoms with Crippen LogP contribution in [0.15, 0.2) is 73.4 Å². The Bertz CT molecular complexity index is 1510. The maximum Gasteiger partial charge on any atom is 0.282 e. The van der Waals surface area contributed by atoms with Crippen molar-refractivity contribution in [3.63, 3.8) is 0 Å². The predicted octanol–water partition coefficient (Wildman–Crippen LogP) is 7.34. The van der Waals surface area contributed by atoms with E-state index >= 15 is 0 Å². The molecular weight excluding hydrogens is 610 g/mol. The van der Waals surface area contributed by atoms with E-state index < -0.39 is 5.41 Å². The maximum absolute atomic E-state index is 13.4. The van der Waals surface area contributed by atoms with Gasteiger partial charge in [-0.15, -0.1) is 0 Å². The summed E-state index contributed by atoms with van der Waals surface area (Å²) in [6, 6.07) is 16.7. The fourth-order valence-electron chi connectivity index (χ4n) is 3.56. The zero-order chi connectivity index (χ0) is 26.0. The van der Waals surface area contributed by atoms with Gasteiger partial charge in [-0.05, 0) is 53.6 Å². The molecular formula is C27H24Br2ClN3O3. The number of benzene rings is 3. The Labute approximate surface area is 231 Å². The Hall–Kier alpha value is -2.68. The molecule has 4 rings (SSSR count). The predicted molar refractivity (Wildman–Crippen MR) is 152 cm³/mol. The Morgan fingerprint density at radius 1 is 1.06 bits per heavy atom. The number of fused-ring (bicyclic) bond motifs is 1. The van der Waals surface area contributed by atoms with E-state index in [9.17, 15) is 4.79 Å². The summed E-state index contributed by atoms with van der Waals surface area (Å²) >= 11 is 13.4. The highest BCUT2D eigenvalue weighted by molar-refractivity contribution is 9.10. The molecule has 0 N–H and O–H groups in total. The van der Waals surface area contributed by atoms with Gasteiger partial charge in [0, 0.05) is 14.4 Å². The first-order valence-electron chi connectivity index (χ1n) is 11.1. The Balaban J connectivity index is 1.71. The van der Waals surface area contributed by atoms with E-state index in [1.807, 2.05) is 57.2 Å². The highest BCUT2D eigenvalue weighted by Gasteiger charge is 2.23. The number of hydrogen-bond donors (Lipinski definition) is 0. The summed E-state index contributed by atoms with van der Waals surface area (Å²) in [6.07, 6.45) is 1.56. The number of nitrogens with zero attached hydrogens (tertiary/aromatic N) is 3. The molecule has 0 aliphatic heterocycles. The van der Waals surface area contributed by atoms with Crippen molar-refractivity contribution >= 4 is 60.6 Å². The van der Waals surface area contributed by atoms with Crippen LogP contribution in [0.3, 0.4) is 0 Å². The quantitative estimate of drug-likeness (QED) is 0.209. The lowest BCUT2D eigenvalue weighted by Gasteiger charge is -2.21. The van der Waals surface area contributed by atoms with Gasteiger partial charge in [-0.1, -0.05) is 76.4 Å². The zero-order valence-corrected chi connectivity index (χ0v) is 24.1. The molecule has 1 aromatic heterocycles. The van der Waals surface area contributed by atoms with Crippen LogP contribution in [0, 0.1) is 0 Å². The van der Waals surface area contributed by atoms with Gasteiger partial charge in [-0.2, -0.15) is 9.78 Å². The van der Waals surface area contributed by atoms with Crippen molar-refractivity contribution in [2.45, 2.75) is 32.8 Å². The molecule has 1 heterocycles. The molecule has 4 aromatic rings. The molecule has 0 fully saturated rings. The number of rotatable bonds is 6. The van der Waals surface area contributed by atoms with Crippen LogP contribution in [0.4, 0.5) is 0 Å². The molecule has 6 nitrogen and oxygen atoms in total. The highest BCUT2D eigenvalue weighted by Crippen LogP contribution is 2.36. The molecule has 9 heteroatoms. The standard InChI is InChI=1S/C27H24Br2ClN3O3/c1-27(2,3)26-32-22-10-9-19(29)13-20(22)25(34)33(26)31-14-17-11-21(30)24(23(12-17)35-4)36-15-16-5-7-18(28)8-6-16/h5-14H,15H2,1-4H3. The van der Waals surface area contributed by atoms with Gasteiger partial charge in [0.25, 0.3) is 5.56 Å². The molecule has 0 saturated carbocycles. The summed E-state index contributed by atoms with van der Waals surface area (Å²) in [6.45, 7) is 6.30. The molecule has 0 spiro atoms. The lowest BCUT2D eigenvalue weighted by molar-refractivity contribution is 0.284. The minimum atomic E-state index is -0.419. The first-order valence-corrected chi connectivity index (χ1v) is 13.0. The maximum atomic E-state index is 13.4. The molecule has 0 aliphatic rings. The van der Waals surface area contributed by atoms with Crippen molar-refractivity contribution in [1.82, 2.24) is 9.66 Å². The van der Waals surface area contributed by atoms with Gasteiger partial charge in [-0.25, -0.2) is 4.98 Å². The molecule has 36 heavy (non-hydrogen) atoms. The summed E-state index contributed by atoms with van der Waals surface area (Å²) in [5.41, 5.74) is 1.59.